The molecule has 1 heterocycles. The van der Waals surface area contributed by atoms with Crippen molar-refractivity contribution < 1.29 is 32.4 Å². The van der Waals surface area contributed by atoms with Crippen LogP contribution in [-0.4, -0.2) is 22.6 Å². The van der Waals surface area contributed by atoms with Gasteiger partial charge in [0.15, 0.2) is 0 Å². The maximum Gasteiger partial charge on any atom is 0.419 e. The number of amides is 1. The minimum atomic E-state index is -4.96. The van der Waals surface area contributed by atoms with Crippen molar-refractivity contribution in [3.05, 3.63) is 29.1 Å². The molecule has 1 aliphatic rings. The predicted molar refractivity (Wildman–Crippen MR) is 53.6 cm³/mol. The summed E-state index contributed by atoms with van der Waals surface area (Å²) in [5.41, 5.74) is -3.54. The average Bonchev–Trinajstić information content (AvgIpc) is 2.29. The lowest BCUT2D eigenvalue weighted by molar-refractivity contribution is -0.140. The van der Waals surface area contributed by atoms with Crippen molar-refractivity contribution in [3.8, 4) is 0 Å². The number of halogens is 4. The Kier molecular flexibility index (Phi) is 2.76. The molecule has 100 valence electrons. The summed E-state index contributed by atoms with van der Waals surface area (Å²) in [5.74, 6) is -3.98. The van der Waals surface area contributed by atoms with Crippen LogP contribution in [-0.2, 0) is 11.0 Å². The van der Waals surface area contributed by atoms with Gasteiger partial charge in [0.25, 0.3) is 5.91 Å². The summed E-state index contributed by atoms with van der Waals surface area (Å²) in [6, 6.07) is 0.653. The number of fused-ring (bicyclic) bond motifs is 1. The van der Waals surface area contributed by atoms with Gasteiger partial charge in [-0.25, -0.2) is 4.39 Å². The second kappa shape index (κ2) is 4.04. The molecule has 0 atom stereocenters. The lowest BCUT2D eigenvalue weighted by Gasteiger charge is -2.18. The predicted octanol–water partition coefficient (Wildman–Crippen LogP) is 1.81. The Bertz CT molecular complexity index is 622. The summed E-state index contributed by atoms with van der Waals surface area (Å²) in [5, 5.41) is 12.8. The van der Waals surface area contributed by atoms with E-state index in [0.717, 1.165) is 0 Å². The first kappa shape index (κ1) is 13.0. The summed E-state index contributed by atoms with van der Waals surface area (Å²) >= 11 is 0. The highest BCUT2D eigenvalue weighted by molar-refractivity contribution is 6.72. The molecule has 1 aliphatic heterocycles. The number of nitrogens with one attached hydrogen (secondary N) is 1. The quantitative estimate of drug-likeness (QED) is 0.431. The molecule has 9 heteroatoms. The molecule has 0 unspecified atom stereocenters. The first-order chi connectivity index (χ1) is 8.75. The van der Waals surface area contributed by atoms with Gasteiger partial charge in [0.1, 0.15) is 5.82 Å². The fourth-order valence-electron chi connectivity index (χ4n) is 1.58. The van der Waals surface area contributed by atoms with Gasteiger partial charge < -0.3 is 10.5 Å². The number of carbonyl (C=O) groups is 2. The van der Waals surface area contributed by atoms with Crippen LogP contribution in [0.3, 0.4) is 0 Å². The number of hydrogen-bond acceptors (Lipinski definition) is 4. The van der Waals surface area contributed by atoms with Crippen molar-refractivity contribution in [3.63, 3.8) is 0 Å². The number of ketones is 1. The number of nitrogens with zero attached hydrogens (tertiary/aromatic N) is 1. The molecule has 1 amide bonds. The lowest BCUT2D eigenvalue weighted by atomic mass is 9.97. The first-order valence-corrected chi connectivity index (χ1v) is 4.74. The van der Waals surface area contributed by atoms with Crippen LogP contribution >= 0.6 is 0 Å². The van der Waals surface area contributed by atoms with E-state index in [1.54, 1.807) is 0 Å². The van der Waals surface area contributed by atoms with Crippen molar-refractivity contribution in [1.82, 2.24) is 0 Å². The molecule has 0 spiro atoms. The molecule has 0 aromatic heterocycles. The maximum atomic E-state index is 13.3. The van der Waals surface area contributed by atoms with Crippen LogP contribution in [0.1, 0.15) is 15.9 Å². The molecule has 2 rings (SSSR count). The number of carbonyl (C=O) groups excluding carboxylic acids is 2. The highest BCUT2D eigenvalue weighted by Crippen LogP contribution is 2.35. The molecule has 0 aliphatic carbocycles. The van der Waals surface area contributed by atoms with Crippen LogP contribution in [0.25, 0.3) is 0 Å². The number of hydrogen-bond donors (Lipinski definition) is 2. The van der Waals surface area contributed by atoms with Crippen LogP contribution in [0.4, 0.5) is 23.2 Å². The van der Waals surface area contributed by atoms with E-state index in [-0.39, 0.29) is 0 Å². The molecule has 0 fully saturated rings. The third kappa shape index (κ3) is 2.02. The molecular formula is C10H4F4N2O3. The summed E-state index contributed by atoms with van der Waals surface area (Å²) in [4.78, 5) is 22.8. The van der Waals surface area contributed by atoms with E-state index in [9.17, 15) is 27.2 Å². The Morgan fingerprint density at radius 3 is 2.37 bits per heavy atom. The molecule has 0 saturated carbocycles. The number of rotatable bonds is 0. The van der Waals surface area contributed by atoms with Crippen LogP contribution in [0.5, 0.6) is 0 Å². The van der Waals surface area contributed by atoms with E-state index in [4.69, 9.17) is 5.21 Å². The van der Waals surface area contributed by atoms with Crippen molar-refractivity contribution in [2.75, 3.05) is 5.32 Å². The molecule has 0 saturated heterocycles. The third-order valence-electron chi connectivity index (χ3n) is 2.44. The number of Topliss-reactive ketones (excluding diaryl/α,β-unsaturated/α-hetero) is 1. The summed E-state index contributed by atoms with van der Waals surface area (Å²) in [6.45, 7) is 0. The largest absolute Gasteiger partial charge is 0.419 e. The molecule has 1 aromatic carbocycles. The Morgan fingerprint density at radius 2 is 1.84 bits per heavy atom. The molecule has 19 heavy (non-hydrogen) atoms. The monoisotopic (exact) mass is 276 g/mol. The molecule has 1 aromatic rings. The average molecular weight is 276 g/mol. The zero-order chi connectivity index (χ0) is 14.4. The Hall–Kier alpha value is -2.45. The Balaban J connectivity index is 2.65. The summed E-state index contributed by atoms with van der Waals surface area (Å²) < 4.78 is 50.7. The maximum absolute atomic E-state index is 13.3. The zero-order valence-electron chi connectivity index (χ0n) is 8.88. The van der Waals surface area contributed by atoms with Gasteiger partial charge in [0.05, 0.1) is 16.8 Å². The van der Waals surface area contributed by atoms with Crippen molar-refractivity contribution in [2.45, 2.75) is 6.18 Å². The fourth-order valence-corrected chi connectivity index (χ4v) is 1.58. The third-order valence-corrected chi connectivity index (χ3v) is 2.44. The van der Waals surface area contributed by atoms with Gasteiger partial charge in [-0.05, 0) is 12.1 Å². The first-order valence-electron chi connectivity index (χ1n) is 4.74. The topological polar surface area (TPSA) is 78.8 Å². The second-order valence-electron chi connectivity index (χ2n) is 3.61. The number of benzene rings is 1. The Morgan fingerprint density at radius 1 is 1.21 bits per heavy atom. The highest BCUT2D eigenvalue weighted by Gasteiger charge is 2.38. The van der Waals surface area contributed by atoms with Gasteiger partial charge in [-0.3, -0.25) is 9.59 Å². The van der Waals surface area contributed by atoms with E-state index in [1.807, 2.05) is 5.32 Å². The van der Waals surface area contributed by atoms with Gasteiger partial charge >= 0.3 is 6.18 Å². The Labute approximate surface area is 102 Å². The number of alkyl halides is 3. The van der Waals surface area contributed by atoms with Gasteiger partial charge in [0.2, 0.25) is 11.5 Å². The number of anilines is 1. The van der Waals surface area contributed by atoms with Gasteiger partial charge in [-0.1, -0.05) is 5.16 Å². The fraction of sp³-hybridized carbons (Fsp3) is 0.100. The standard InChI is InChI=1S/C10H4F4N2O3/c11-5-1-3-6(2-4(5)10(12,13)14)15-9(18)7(16-19)8(3)17/h1-2,19H,(H,15,18)/b16-7-. The van der Waals surface area contributed by atoms with Gasteiger partial charge in [-0.15, -0.1) is 0 Å². The molecular weight excluding hydrogens is 272 g/mol. The van der Waals surface area contributed by atoms with E-state index in [0.29, 0.717) is 12.1 Å². The van der Waals surface area contributed by atoms with Crippen LogP contribution < -0.4 is 5.32 Å². The van der Waals surface area contributed by atoms with Crippen molar-refractivity contribution in [1.29, 1.82) is 0 Å². The van der Waals surface area contributed by atoms with Crippen LogP contribution in [0.2, 0.25) is 0 Å². The minimum Gasteiger partial charge on any atom is -0.410 e. The molecule has 5 nitrogen and oxygen atoms in total. The van der Waals surface area contributed by atoms with Gasteiger partial charge in [0, 0.05) is 0 Å². The van der Waals surface area contributed by atoms with Crippen LogP contribution in [0, 0.1) is 5.82 Å². The molecule has 0 radical (unpaired) electrons. The minimum absolute atomic E-state index is 0.314. The highest BCUT2D eigenvalue weighted by atomic mass is 19.4. The number of oxime groups is 1. The van der Waals surface area contributed by atoms with E-state index >= 15 is 0 Å². The SMILES string of the molecule is O=C1Nc2cc(C(F)(F)F)c(F)cc2C(=O)/C1=N/O. The second-order valence-corrected chi connectivity index (χ2v) is 3.61. The van der Waals surface area contributed by atoms with E-state index in [1.165, 1.54) is 0 Å². The summed E-state index contributed by atoms with van der Waals surface area (Å²) in [7, 11) is 0. The lowest BCUT2D eigenvalue weighted by Crippen LogP contribution is -2.36. The van der Waals surface area contributed by atoms with Crippen LogP contribution in [0.15, 0.2) is 17.3 Å². The summed E-state index contributed by atoms with van der Waals surface area (Å²) in [6.07, 6.45) is -4.96. The molecule has 2 N–H and O–H groups in total. The smallest absolute Gasteiger partial charge is 0.410 e. The molecule has 0 bridgehead atoms. The van der Waals surface area contributed by atoms with Gasteiger partial charge in [-0.2, -0.15) is 13.2 Å². The van der Waals surface area contributed by atoms with E-state index < -0.39 is 46.2 Å². The van der Waals surface area contributed by atoms with Crippen molar-refractivity contribution in [2.24, 2.45) is 5.16 Å². The normalized spacial score (nSPS) is 17.4. The zero-order valence-corrected chi connectivity index (χ0v) is 8.88. The van der Waals surface area contributed by atoms with Crippen molar-refractivity contribution >= 4 is 23.1 Å². The van der Waals surface area contributed by atoms with E-state index in [2.05, 4.69) is 5.16 Å².